The monoisotopic (exact) mass is 282 g/mol. The van der Waals surface area contributed by atoms with Gasteiger partial charge in [0, 0.05) is 29.7 Å². The molecule has 2 rings (SSSR count). The van der Waals surface area contributed by atoms with E-state index < -0.39 is 11.7 Å². The van der Waals surface area contributed by atoms with E-state index in [9.17, 15) is 4.79 Å². The summed E-state index contributed by atoms with van der Waals surface area (Å²) in [6, 6.07) is 5.57. The quantitative estimate of drug-likeness (QED) is 0.874. The summed E-state index contributed by atoms with van der Waals surface area (Å²) < 4.78 is 5.19. The second kappa shape index (κ2) is 5.39. The van der Waals surface area contributed by atoms with Crippen LogP contribution in [0.15, 0.2) is 18.2 Å². The van der Waals surface area contributed by atoms with E-state index in [1.54, 1.807) is 6.07 Å². The molecule has 0 spiro atoms. The van der Waals surface area contributed by atoms with Crippen molar-refractivity contribution in [2.24, 2.45) is 0 Å². The van der Waals surface area contributed by atoms with Crippen molar-refractivity contribution in [3.8, 4) is 0 Å². The average Bonchev–Trinajstić information content (AvgIpc) is 2.16. The summed E-state index contributed by atoms with van der Waals surface area (Å²) in [5.41, 5.74) is 1.26. The zero-order chi connectivity index (χ0) is 14.0. The molecule has 1 saturated heterocycles. The van der Waals surface area contributed by atoms with Crippen molar-refractivity contribution in [3.05, 3.63) is 28.8 Å². The fourth-order valence-corrected chi connectivity index (χ4v) is 2.20. The van der Waals surface area contributed by atoms with Gasteiger partial charge in [0.15, 0.2) is 0 Å². The summed E-state index contributed by atoms with van der Waals surface area (Å²) in [5.74, 6) is 0.475. The van der Waals surface area contributed by atoms with Crippen LogP contribution < -0.4 is 10.6 Å². The van der Waals surface area contributed by atoms with Crippen LogP contribution in [0.4, 0.5) is 10.5 Å². The Morgan fingerprint density at radius 1 is 1.42 bits per heavy atom. The summed E-state index contributed by atoms with van der Waals surface area (Å²) in [6.07, 6.45) is -0.471. The van der Waals surface area contributed by atoms with Gasteiger partial charge >= 0.3 is 6.09 Å². The van der Waals surface area contributed by atoms with Crippen molar-refractivity contribution in [2.45, 2.75) is 32.3 Å². The zero-order valence-corrected chi connectivity index (χ0v) is 12.2. The lowest BCUT2D eigenvalue weighted by Gasteiger charge is -2.28. The number of amides is 1. The lowest BCUT2D eigenvalue weighted by Crippen LogP contribution is -2.40. The molecule has 0 radical (unpaired) electrons. The Bertz CT molecular complexity index is 479. The smallest absolute Gasteiger partial charge is 0.412 e. The molecule has 0 bridgehead atoms. The predicted octanol–water partition coefficient (Wildman–Crippen LogP) is 3.37. The van der Waals surface area contributed by atoms with Gasteiger partial charge in [-0.25, -0.2) is 4.79 Å². The van der Waals surface area contributed by atoms with Gasteiger partial charge in [0.2, 0.25) is 0 Å². The van der Waals surface area contributed by atoms with E-state index in [2.05, 4.69) is 10.6 Å². The van der Waals surface area contributed by atoms with E-state index in [0.29, 0.717) is 16.6 Å². The Kier molecular flexibility index (Phi) is 4.02. The molecule has 4 nitrogen and oxygen atoms in total. The van der Waals surface area contributed by atoms with E-state index in [-0.39, 0.29) is 0 Å². The molecular weight excluding hydrogens is 264 g/mol. The van der Waals surface area contributed by atoms with Crippen molar-refractivity contribution in [3.63, 3.8) is 0 Å². The number of anilines is 1. The largest absolute Gasteiger partial charge is 0.444 e. The van der Waals surface area contributed by atoms with Gasteiger partial charge in [-0.3, -0.25) is 5.32 Å². The number of benzene rings is 1. The molecule has 0 atom stereocenters. The molecular formula is C14H19ClN2O2. The molecule has 0 saturated carbocycles. The van der Waals surface area contributed by atoms with E-state index in [4.69, 9.17) is 16.3 Å². The summed E-state index contributed by atoms with van der Waals surface area (Å²) >= 11 is 6.23. The van der Waals surface area contributed by atoms with Gasteiger partial charge in [0.05, 0.1) is 0 Å². The van der Waals surface area contributed by atoms with Crippen LogP contribution in [0.3, 0.4) is 0 Å². The third kappa shape index (κ3) is 3.85. The number of hydrogen-bond acceptors (Lipinski definition) is 3. The van der Waals surface area contributed by atoms with Crippen molar-refractivity contribution in [1.29, 1.82) is 0 Å². The first-order chi connectivity index (χ1) is 8.85. The van der Waals surface area contributed by atoms with Gasteiger partial charge in [0.25, 0.3) is 0 Å². The van der Waals surface area contributed by atoms with Crippen LogP contribution in [0.1, 0.15) is 32.3 Å². The second-order valence-electron chi connectivity index (χ2n) is 5.72. The standard InChI is InChI=1S/C14H19ClN2O2/c1-14(2,3)19-13(18)17-10-4-5-11(12(15)6-10)9-7-16-8-9/h4-6,9,16H,7-8H2,1-3H3,(H,17,18). The number of carbonyl (C=O) groups excluding carboxylic acids is 1. The first-order valence-corrected chi connectivity index (χ1v) is 6.73. The van der Waals surface area contributed by atoms with Crippen molar-refractivity contribution in [1.82, 2.24) is 5.32 Å². The Hall–Kier alpha value is -1.26. The highest BCUT2D eigenvalue weighted by Crippen LogP contribution is 2.29. The van der Waals surface area contributed by atoms with Crippen molar-refractivity contribution >= 4 is 23.4 Å². The fourth-order valence-electron chi connectivity index (χ4n) is 1.87. The highest BCUT2D eigenvalue weighted by molar-refractivity contribution is 6.31. The van der Waals surface area contributed by atoms with Gasteiger partial charge < -0.3 is 10.1 Å². The van der Waals surface area contributed by atoms with Gasteiger partial charge in [-0.05, 0) is 38.5 Å². The molecule has 1 aliphatic heterocycles. The number of ether oxygens (including phenoxy) is 1. The lowest BCUT2D eigenvalue weighted by molar-refractivity contribution is 0.0636. The molecule has 1 heterocycles. The molecule has 1 aromatic carbocycles. The second-order valence-corrected chi connectivity index (χ2v) is 6.13. The van der Waals surface area contributed by atoms with Crippen LogP contribution in [-0.4, -0.2) is 24.8 Å². The maximum Gasteiger partial charge on any atom is 0.412 e. The van der Waals surface area contributed by atoms with Crippen molar-refractivity contribution in [2.75, 3.05) is 18.4 Å². The maximum atomic E-state index is 11.6. The van der Waals surface area contributed by atoms with Crippen LogP contribution in [0.2, 0.25) is 5.02 Å². The first kappa shape index (κ1) is 14.2. The highest BCUT2D eigenvalue weighted by Gasteiger charge is 2.22. The Labute approximate surface area is 118 Å². The van der Waals surface area contributed by atoms with E-state index in [0.717, 1.165) is 18.7 Å². The normalized spacial score (nSPS) is 15.8. The molecule has 1 amide bonds. The van der Waals surface area contributed by atoms with Gasteiger partial charge in [-0.15, -0.1) is 0 Å². The van der Waals surface area contributed by atoms with E-state index in [1.807, 2.05) is 32.9 Å². The molecule has 2 N–H and O–H groups in total. The number of halogens is 1. The summed E-state index contributed by atoms with van der Waals surface area (Å²) in [5, 5.41) is 6.57. The van der Waals surface area contributed by atoms with E-state index >= 15 is 0 Å². The third-order valence-corrected chi connectivity index (χ3v) is 3.19. The summed E-state index contributed by atoms with van der Waals surface area (Å²) in [6.45, 7) is 7.39. The number of carbonyl (C=O) groups is 1. The first-order valence-electron chi connectivity index (χ1n) is 6.35. The minimum Gasteiger partial charge on any atom is -0.444 e. The minimum atomic E-state index is -0.509. The average molecular weight is 283 g/mol. The minimum absolute atomic E-state index is 0.471. The maximum absolute atomic E-state index is 11.6. The highest BCUT2D eigenvalue weighted by atomic mass is 35.5. The molecule has 1 aliphatic rings. The Balaban J connectivity index is 2.01. The van der Waals surface area contributed by atoms with Gasteiger partial charge in [-0.2, -0.15) is 0 Å². The molecule has 104 valence electrons. The van der Waals surface area contributed by atoms with Crippen molar-refractivity contribution < 1.29 is 9.53 Å². The molecule has 1 aromatic rings. The van der Waals surface area contributed by atoms with Crippen LogP contribution in [0, 0.1) is 0 Å². The number of rotatable bonds is 2. The Morgan fingerprint density at radius 3 is 2.58 bits per heavy atom. The van der Waals surface area contributed by atoms with Crippen LogP contribution >= 0.6 is 11.6 Å². The zero-order valence-electron chi connectivity index (χ0n) is 11.4. The summed E-state index contributed by atoms with van der Waals surface area (Å²) in [4.78, 5) is 11.6. The van der Waals surface area contributed by atoms with E-state index in [1.165, 1.54) is 0 Å². The van der Waals surface area contributed by atoms with Gasteiger partial charge in [-0.1, -0.05) is 17.7 Å². The topological polar surface area (TPSA) is 50.4 Å². The third-order valence-electron chi connectivity index (χ3n) is 2.87. The molecule has 19 heavy (non-hydrogen) atoms. The lowest BCUT2D eigenvalue weighted by atomic mass is 9.93. The molecule has 0 unspecified atom stereocenters. The summed E-state index contributed by atoms with van der Waals surface area (Å²) in [7, 11) is 0. The number of nitrogens with one attached hydrogen (secondary N) is 2. The molecule has 5 heteroatoms. The SMILES string of the molecule is CC(C)(C)OC(=O)Nc1ccc(C2CNC2)c(Cl)c1. The predicted molar refractivity (Wildman–Crippen MR) is 76.9 cm³/mol. The van der Waals surface area contributed by atoms with Crippen LogP contribution in [0.5, 0.6) is 0 Å². The molecule has 0 aromatic heterocycles. The van der Waals surface area contributed by atoms with Crippen LogP contribution in [0.25, 0.3) is 0 Å². The fraction of sp³-hybridized carbons (Fsp3) is 0.500. The van der Waals surface area contributed by atoms with Gasteiger partial charge in [0.1, 0.15) is 5.60 Å². The molecule has 1 fully saturated rings. The molecule has 0 aliphatic carbocycles. The Morgan fingerprint density at radius 2 is 2.11 bits per heavy atom. The van der Waals surface area contributed by atoms with Crippen LogP contribution in [-0.2, 0) is 4.74 Å². The number of hydrogen-bond donors (Lipinski definition) is 2.